The van der Waals surface area contributed by atoms with Crippen LogP contribution in [0.1, 0.15) is 118 Å². The summed E-state index contributed by atoms with van der Waals surface area (Å²) < 4.78 is 66.4. The van der Waals surface area contributed by atoms with Gasteiger partial charge in [0, 0.05) is 6.61 Å². The van der Waals surface area contributed by atoms with Gasteiger partial charge in [0.1, 0.15) is 0 Å². The zero-order valence-electron chi connectivity index (χ0n) is 39.0. The van der Waals surface area contributed by atoms with E-state index in [0.29, 0.717) is 156 Å². The molecule has 1 aliphatic heterocycles. The number of carbonyl (C=O) groups excluding carboxylic acids is 2. The van der Waals surface area contributed by atoms with Crippen LogP contribution in [0.2, 0.25) is 0 Å². The minimum atomic E-state index is -0.277. The van der Waals surface area contributed by atoms with Crippen molar-refractivity contribution in [1.82, 2.24) is 4.90 Å². The lowest BCUT2D eigenvalue weighted by Crippen LogP contribution is -2.33. The fourth-order valence-corrected chi connectivity index (χ4v) is 6.52. The predicted molar refractivity (Wildman–Crippen MR) is 242 cm³/mol. The normalized spacial score (nSPS) is 12.6. The first-order valence-electron chi connectivity index (χ1n) is 24.1. The third-order valence-electron chi connectivity index (χ3n) is 10.1. The summed E-state index contributed by atoms with van der Waals surface area (Å²) in [5, 5.41) is 0. The minimum absolute atomic E-state index is 0.214. The van der Waals surface area contributed by atoms with Crippen LogP contribution in [-0.4, -0.2) is 182 Å². The molecule has 1 aromatic carbocycles. The molecule has 2 rings (SSSR count). The topological polar surface area (TPSA) is 148 Å². The van der Waals surface area contributed by atoms with Crippen molar-refractivity contribution in [2.24, 2.45) is 0 Å². The minimum Gasteiger partial charge on any atom is -0.379 e. The van der Waals surface area contributed by atoms with Crippen molar-refractivity contribution in [3.8, 4) is 0 Å². The van der Waals surface area contributed by atoms with Gasteiger partial charge in [-0.05, 0) is 18.6 Å². The highest BCUT2D eigenvalue weighted by Crippen LogP contribution is 2.22. The summed E-state index contributed by atoms with van der Waals surface area (Å²) >= 11 is 0. The van der Waals surface area contributed by atoms with Gasteiger partial charge in [-0.25, -0.2) is 0 Å². The van der Waals surface area contributed by atoms with Crippen molar-refractivity contribution < 1.29 is 66.4 Å². The lowest BCUT2D eigenvalue weighted by atomic mass is 10.0. The number of nitrogens with zero attached hydrogens (tertiary/aromatic N) is 1. The Kier molecular flexibility index (Phi) is 40.8. The van der Waals surface area contributed by atoms with Crippen LogP contribution < -0.4 is 0 Å². The zero-order chi connectivity index (χ0) is 44.8. The molecule has 1 aliphatic rings. The van der Waals surface area contributed by atoms with E-state index >= 15 is 0 Å². The molecule has 0 saturated heterocycles. The quantitative estimate of drug-likeness (QED) is 0.0490. The molecule has 15 nitrogen and oxygen atoms in total. The Labute approximate surface area is 379 Å². The number of rotatable bonds is 51. The molecule has 366 valence electrons. The first-order chi connectivity index (χ1) is 31.3. The molecule has 0 aromatic heterocycles. The monoisotopic (exact) mass is 900 g/mol. The van der Waals surface area contributed by atoms with E-state index in [1.54, 1.807) is 24.3 Å². The smallest absolute Gasteiger partial charge is 0.261 e. The van der Waals surface area contributed by atoms with Gasteiger partial charge in [0.05, 0.1) is 170 Å². The Hall–Kier alpha value is -2.12. The van der Waals surface area contributed by atoms with Gasteiger partial charge >= 0.3 is 0 Å². The highest BCUT2D eigenvalue weighted by Gasteiger charge is 2.34. The van der Waals surface area contributed by atoms with Gasteiger partial charge in [0.25, 0.3) is 11.8 Å². The predicted octanol–water partition coefficient (Wildman–Crippen LogP) is 6.96. The van der Waals surface area contributed by atoms with Crippen molar-refractivity contribution in [1.29, 1.82) is 0 Å². The zero-order valence-corrected chi connectivity index (χ0v) is 39.0. The maximum Gasteiger partial charge on any atom is 0.261 e. The fraction of sp³-hybridized carbons (Fsp3) is 0.833. The molecule has 0 bridgehead atoms. The third kappa shape index (κ3) is 33.9. The Balaban J connectivity index is 1.12. The van der Waals surface area contributed by atoms with Gasteiger partial charge in [-0.1, -0.05) is 103 Å². The molecule has 1 heterocycles. The van der Waals surface area contributed by atoms with Crippen LogP contribution >= 0.6 is 0 Å². The molecule has 63 heavy (non-hydrogen) atoms. The summed E-state index contributed by atoms with van der Waals surface area (Å²) in [6, 6.07) is 6.83. The van der Waals surface area contributed by atoms with Crippen LogP contribution in [0, 0.1) is 0 Å². The van der Waals surface area contributed by atoms with Crippen molar-refractivity contribution in [2.45, 2.75) is 96.8 Å². The van der Waals surface area contributed by atoms with Crippen LogP contribution in [-0.2, 0) is 56.8 Å². The average molecular weight is 900 g/mol. The number of imide groups is 1. The van der Waals surface area contributed by atoms with Gasteiger partial charge in [-0.15, -0.1) is 0 Å². The Bertz CT molecular complexity index is 1130. The first kappa shape index (κ1) is 57.0. The molecule has 0 aliphatic carbocycles. The largest absolute Gasteiger partial charge is 0.379 e. The van der Waals surface area contributed by atoms with E-state index in [1.165, 1.54) is 88.4 Å². The number of hydrogen-bond donors (Lipinski definition) is 0. The second-order valence-corrected chi connectivity index (χ2v) is 15.3. The van der Waals surface area contributed by atoms with Crippen molar-refractivity contribution >= 4 is 11.8 Å². The Morgan fingerprint density at radius 1 is 0.302 bits per heavy atom. The van der Waals surface area contributed by atoms with Crippen LogP contribution in [0.15, 0.2) is 24.3 Å². The van der Waals surface area contributed by atoms with Gasteiger partial charge in [-0.3, -0.25) is 14.5 Å². The van der Waals surface area contributed by atoms with Crippen LogP contribution in [0.5, 0.6) is 0 Å². The molecule has 0 N–H and O–H groups in total. The van der Waals surface area contributed by atoms with E-state index in [-0.39, 0.29) is 25.0 Å². The first-order valence-corrected chi connectivity index (χ1v) is 24.1. The van der Waals surface area contributed by atoms with Gasteiger partial charge < -0.3 is 56.8 Å². The SMILES string of the molecule is CCCCCCCCCCCCCCCCOCCOCCOCCOCCOCCOCCOCCOCCOCCOCCOCCOCCN1C(=O)c2ccccc2C1=O. The van der Waals surface area contributed by atoms with Crippen LogP contribution in [0.25, 0.3) is 0 Å². The number of fused-ring (bicyclic) bond motifs is 1. The van der Waals surface area contributed by atoms with E-state index in [9.17, 15) is 9.59 Å². The number of hydrogen-bond acceptors (Lipinski definition) is 14. The Morgan fingerprint density at radius 2 is 0.524 bits per heavy atom. The molecule has 0 spiro atoms. The summed E-state index contributed by atoms with van der Waals surface area (Å²) in [6.07, 6.45) is 19.2. The number of amides is 2. The second-order valence-electron chi connectivity index (χ2n) is 15.3. The highest BCUT2D eigenvalue weighted by atomic mass is 16.6. The van der Waals surface area contributed by atoms with Crippen LogP contribution in [0.3, 0.4) is 0 Å². The standard InChI is InChI=1S/C48H85NO14/c1-2-3-4-5-6-7-8-9-10-11-12-13-14-17-21-52-23-25-54-27-29-56-31-33-58-35-37-60-39-41-62-43-44-63-42-40-61-38-36-59-34-32-57-30-28-55-26-24-53-22-20-49-47(50)45-18-15-16-19-46(45)48(49)51/h15-16,18-19H,2-14,17,20-44H2,1H3. The maximum atomic E-state index is 12.3. The molecule has 15 heteroatoms. The summed E-state index contributed by atoms with van der Waals surface area (Å²) in [4.78, 5) is 25.9. The average Bonchev–Trinajstić information content (AvgIpc) is 3.54. The molecule has 0 atom stereocenters. The number of benzene rings is 1. The summed E-state index contributed by atoms with van der Waals surface area (Å²) in [5.41, 5.74) is 0.885. The van der Waals surface area contributed by atoms with Crippen LogP contribution in [0.4, 0.5) is 0 Å². The molecular formula is C48H85NO14. The van der Waals surface area contributed by atoms with E-state index < -0.39 is 0 Å². The van der Waals surface area contributed by atoms with Gasteiger partial charge in [0.2, 0.25) is 0 Å². The maximum absolute atomic E-state index is 12.3. The van der Waals surface area contributed by atoms with Gasteiger partial charge in [0.15, 0.2) is 0 Å². The summed E-state index contributed by atoms with van der Waals surface area (Å²) in [6.45, 7) is 14.5. The van der Waals surface area contributed by atoms with E-state index in [4.69, 9.17) is 56.8 Å². The molecule has 0 fully saturated rings. The van der Waals surface area contributed by atoms with E-state index in [0.717, 1.165) is 13.0 Å². The Morgan fingerprint density at radius 3 is 0.794 bits per heavy atom. The lowest BCUT2D eigenvalue weighted by molar-refractivity contribution is -0.0284. The van der Waals surface area contributed by atoms with Crippen molar-refractivity contribution in [3.63, 3.8) is 0 Å². The van der Waals surface area contributed by atoms with E-state index in [1.807, 2.05) is 0 Å². The highest BCUT2D eigenvalue weighted by molar-refractivity contribution is 6.21. The summed E-state index contributed by atoms with van der Waals surface area (Å²) in [7, 11) is 0. The van der Waals surface area contributed by atoms with Crippen molar-refractivity contribution in [2.75, 3.05) is 165 Å². The molecule has 1 aromatic rings. The molecule has 0 unspecified atom stereocenters. The number of unbranched alkanes of at least 4 members (excludes halogenated alkanes) is 13. The van der Waals surface area contributed by atoms with Crippen molar-refractivity contribution in [3.05, 3.63) is 35.4 Å². The molecule has 2 amide bonds. The van der Waals surface area contributed by atoms with Gasteiger partial charge in [-0.2, -0.15) is 0 Å². The number of carbonyl (C=O) groups is 2. The molecule has 0 radical (unpaired) electrons. The second kappa shape index (κ2) is 45.1. The molecular weight excluding hydrogens is 815 g/mol. The molecule has 0 saturated carbocycles. The lowest BCUT2D eigenvalue weighted by Gasteiger charge is -2.13. The summed E-state index contributed by atoms with van der Waals surface area (Å²) in [5.74, 6) is -0.554. The number of ether oxygens (including phenoxy) is 12. The fourth-order valence-electron chi connectivity index (χ4n) is 6.52. The van der Waals surface area contributed by atoms with E-state index in [2.05, 4.69) is 6.92 Å². The third-order valence-corrected chi connectivity index (χ3v) is 10.1.